The van der Waals surface area contributed by atoms with E-state index in [4.69, 9.17) is 4.74 Å². The summed E-state index contributed by atoms with van der Waals surface area (Å²) in [6, 6.07) is 3.73. The van der Waals surface area contributed by atoms with Crippen molar-refractivity contribution < 1.29 is 9.84 Å². The van der Waals surface area contributed by atoms with Crippen LogP contribution in [0.25, 0.3) is 0 Å². The average Bonchev–Trinajstić information content (AvgIpc) is 2.39. The number of nitrogens with one attached hydrogen (secondary N) is 1. The lowest BCUT2D eigenvalue weighted by Crippen LogP contribution is -2.39. The predicted octanol–water partition coefficient (Wildman–Crippen LogP) is 1.27. The molecule has 16 heavy (non-hydrogen) atoms. The lowest BCUT2D eigenvalue weighted by molar-refractivity contribution is 0.107. The largest absolute Gasteiger partial charge is 0.495 e. The Morgan fingerprint density at radius 2 is 2.44 bits per heavy atom. The molecule has 0 bridgehead atoms. The Morgan fingerprint density at radius 1 is 1.56 bits per heavy atom. The number of aliphatic hydroxyl groups is 1. The highest BCUT2D eigenvalue weighted by molar-refractivity contribution is 5.29. The number of piperidine rings is 1. The number of hydrogen-bond acceptors (Lipinski definition) is 4. The summed E-state index contributed by atoms with van der Waals surface area (Å²) in [7, 11) is 1.60. The monoisotopic (exact) mass is 222 g/mol. The van der Waals surface area contributed by atoms with Crippen LogP contribution in [-0.4, -0.2) is 29.8 Å². The number of rotatable bonds is 3. The summed E-state index contributed by atoms with van der Waals surface area (Å²) in [5.74, 6) is 0.655. The van der Waals surface area contributed by atoms with Gasteiger partial charge in [-0.05, 0) is 31.5 Å². The fourth-order valence-corrected chi connectivity index (χ4v) is 2.14. The Kier molecular flexibility index (Phi) is 3.74. The first-order valence-corrected chi connectivity index (χ1v) is 5.73. The van der Waals surface area contributed by atoms with E-state index in [0.717, 1.165) is 19.4 Å². The van der Waals surface area contributed by atoms with Gasteiger partial charge in [-0.1, -0.05) is 6.42 Å². The van der Waals surface area contributed by atoms with Crippen molar-refractivity contribution in [2.45, 2.75) is 31.4 Å². The molecule has 1 aliphatic rings. The standard InChI is InChI=1S/C12H18N2O2/c1-16-10-6-4-8-14-11(10)12(15)9-5-2-3-7-13-9/h4,6,8-9,12-13,15H,2-3,5,7H2,1H3. The molecule has 2 unspecified atom stereocenters. The Balaban J connectivity index is 2.15. The van der Waals surface area contributed by atoms with Crippen LogP contribution < -0.4 is 10.1 Å². The highest BCUT2D eigenvalue weighted by Crippen LogP contribution is 2.27. The van der Waals surface area contributed by atoms with Gasteiger partial charge in [0.2, 0.25) is 0 Å². The van der Waals surface area contributed by atoms with E-state index in [0.29, 0.717) is 11.4 Å². The van der Waals surface area contributed by atoms with Crippen LogP contribution in [0.4, 0.5) is 0 Å². The summed E-state index contributed by atoms with van der Waals surface area (Å²) in [5.41, 5.74) is 0.629. The van der Waals surface area contributed by atoms with Gasteiger partial charge in [0.15, 0.2) is 0 Å². The van der Waals surface area contributed by atoms with Crippen LogP contribution in [0, 0.1) is 0 Å². The maximum absolute atomic E-state index is 10.3. The molecule has 1 aromatic rings. The number of aromatic nitrogens is 1. The first-order chi connectivity index (χ1) is 7.83. The molecule has 0 saturated carbocycles. The fraction of sp³-hybridized carbons (Fsp3) is 0.583. The number of methoxy groups -OCH3 is 1. The molecule has 2 N–H and O–H groups in total. The molecule has 4 heteroatoms. The van der Waals surface area contributed by atoms with E-state index in [1.54, 1.807) is 13.3 Å². The SMILES string of the molecule is COc1cccnc1C(O)C1CCCCN1. The maximum Gasteiger partial charge on any atom is 0.143 e. The van der Waals surface area contributed by atoms with Gasteiger partial charge in [-0.25, -0.2) is 0 Å². The Labute approximate surface area is 95.7 Å². The summed E-state index contributed by atoms with van der Waals surface area (Å²) in [4.78, 5) is 4.21. The summed E-state index contributed by atoms with van der Waals surface area (Å²) >= 11 is 0. The van der Waals surface area contributed by atoms with Gasteiger partial charge in [-0.15, -0.1) is 0 Å². The second kappa shape index (κ2) is 5.27. The molecule has 1 saturated heterocycles. The fourth-order valence-electron chi connectivity index (χ4n) is 2.14. The van der Waals surface area contributed by atoms with Crippen LogP contribution in [-0.2, 0) is 0 Å². The minimum Gasteiger partial charge on any atom is -0.495 e. The summed E-state index contributed by atoms with van der Waals surface area (Å²) < 4.78 is 5.21. The Bertz CT molecular complexity index is 338. The second-order valence-corrected chi connectivity index (χ2v) is 4.09. The van der Waals surface area contributed by atoms with Crippen LogP contribution in [0.15, 0.2) is 18.3 Å². The van der Waals surface area contributed by atoms with Gasteiger partial charge in [-0.3, -0.25) is 4.98 Å². The van der Waals surface area contributed by atoms with E-state index in [-0.39, 0.29) is 6.04 Å². The minimum atomic E-state index is -0.587. The summed E-state index contributed by atoms with van der Waals surface area (Å²) in [5, 5.41) is 13.6. The molecule has 0 spiro atoms. The van der Waals surface area contributed by atoms with Crippen LogP contribution in [0.3, 0.4) is 0 Å². The predicted molar refractivity (Wildman–Crippen MR) is 61.4 cm³/mol. The first kappa shape index (κ1) is 11.4. The Hall–Kier alpha value is -1.13. The summed E-state index contributed by atoms with van der Waals surface area (Å²) in [6.45, 7) is 0.969. The molecular weight excluding hydrogens is 204 g/mol. The van der Waals surface area contributed by atoms with Gasteiger partial charge >= 0.3 is 0 Å². The van der Waals surface area contributed by atoms with Crippen LogP contribution in [0.2, 0.25) is 0 Å². The molecule has 2 rings (SSSR count). The van der Waals surface area contributed by atoms with Crippen molar-refractivity contribution in [3.05, 3.63) is 24.0 Å². The topological polar surface area (TPSA) is 54.4 Å². The Morgan fingerprint density at radius 3 is 3.12 bits per heavy atom. The maximum atomic E-state index is 10.3. The normalized spacial score (nSPS) is 22.8. The van der Waals surface area contributed by atoms with E-state index < -0.39 is 6.10 Å². The molecule has 0 aliphatic carbocycles. The summed E-state index contributed by atoms with van der Waals surface area (Å²) in [6.07, 6.45) is 4.42. The lowest BCUT2D eigenvalue weighted by Gasteiger charge is -2.28. The molecule has 1 fully saturated rings. The average molecular weight is 222 g/mol. The second-order valence-electron chi connectivity index (χ2n) is 4.09. The van der Waals surface area contributed by atoms with E-state index in [1.807, 2.05) is 12.1 Å². The molecule has 0 radical (unpaired) electrons. The third-order valence-corrected chi connectivity index (χ3v) is 3.03. The number of pyridine rings is 1. The highest BCUT2D eigenvalue weighted by Gasteiger charge is 2.25. The molecule has 1 aromatic heterocycles. The third-order valence-electron chi connectivity index (χ3n) is 3.03. The zero-order valence-corrected chi connectivity index (χ0v) is 9.52. The molecule has 0 aromatic carbocycles. The van der Waals surface area contributed by atoms with E-state index in [9.17, 15) is 5.11 Å². The molecule has 88 valence electrons. The molecule has 0 amide bonds. The van der Waals surface area contributed by atoms with Crippen LogP contribution in [0.5, 0.6) is 5.75 Å². The van der Waals surface area contributed by atoms with Crippen molar-refractivity contribution in [3.8, 4) is 5.75 Å². The highest BCUT2D eigenvalue weighted by atomic mass is 16.5. The van der Waals surface area contributed by atoms with Crippen molar-refractivity contribution in [2.75, 3.05) is 13.7 Å². The third kappa shape index (κ3) is 2.33. The van der Waals surface area contributed by atoms with Gasteiger partial charge in [0.25, 0.3) is 0 Å². The van der Waals surface area contributed by atoms with E-state index >= 15 is 0 Å². The number of aliphatic hydroxyl groups excluding tert-OH is 1. The molecule has 2 atom stereocenters. The zero-order chi connectivity index (χ0) is 11.4. The minimum absolute atomic E-state index is 0.0950. The van der Waals surface area contributed by atoms with Crippen LogP contribution >= 0.6 is 0 Å². The smallest absolute Gasteiger partial charge is 0.143 e. The van der Waals surface area contributed by atoms with Gasteiger partial charge < -0.3 is 15.2 Å². The van der Waals surface area contributed by atoms with E-state index in [1.165, 1.54) is 6.42 Å². The van der Waals surface area contributed by atoms with Gasteiger partial charge in [0, 0.05) is 12.2 Å². The van der Waals surface area contributed by atoms with Gasteiger partial charge in [0.1, 0.15) is 17.5 Å². The van der Waals surface area contributed by atoms with Crippen molar-refractivity contribution >= 4 is 0 Å². The van der Waals surface area contributed by atoms with Crippen molar-refractivity contribution in [3.63, 3.8) is 0 Å². The van der Waals surface area contributed by atoms with E-state index in [2.05, 4.69) is 10.3 Å². The lowest BCUT2D eigenvalue weighted by atomic mass is 9.97. The van der Waals surface area contributed by atoms with Crippen LogP contribution in [0.1, 0.15) is 31.1 Å². The van der Waals surface area contributed by atoms with Crippen molar-refractivity contribution in [2.24, 2.45) is 0 Å². The van der Waals surface area contributed by atoms with Crippen molar-refractivity contribution in [1.82, 2.24) is 10.3 Å². The number of hydrogen-bond donors (Lipinski definition) is 2. The quantitative estimate of drug-likeness (QED) is 0.808. The molecule has 2 heterocycles. The van der Waals surface area contributed by atoms with Gasteiger partial charge in [-0.2, -0.15) is 0 Å². The number of nitrogens with zero attached hydrogens (tertiary/aromatic N) is 1. The number of ether oxygens (including phenoxy) is 1. The molecule has 4 nitrogen and oxygen atoms in total. The van der Waals surface area contributed by atoms with Gasteiger partial charge in [0.05, 0.1) is 7.11 Å². The molecule has 1 aliphatic heterocycles. The molecular formula is C12H18N2O2. The first-order valence-electron chi connectivity index (χ1n) is 5.73. The zero-order valence-electron chi connectivity index (χ0n) is 9.52. The van der Waals surface area contributed by atoms with Crippen molar-refractivity contribution in [1.29, 1.82) is 0 Å².